The van der Waals surface area contributed by atoms with E-state index in [0.717, 1.165) is 0 Å². The first-order valence-corrected chi connectivity index (χ1v) is 13.6. The normalized spacial score (nSPS) is 11.9. The molecule has 0 aliphatic rings. The van der Waals surface area contributed by atoms with E-state index in [1.165, 1.54) is 132 Å². The Morgan fingerprint density at radius 2 is 0.933 bits per heavy atom. The van der Waals surface area contributed by atoms with Crippen molar-refractivity contribution >= 4 is 5.69 Å². The molecule has 30 heavy (non-hydrogen) atoms. The number of unbranched alkanes of at least 4 members (excludes halogenated alkanes) is 13. The predicted octanol–water partition coefficient (Wildman–Crippen LogP) is 9.60. The summed E-state index contributed by atoms with van der Waals surface area (Å²) in [5.74, 6) is 0. The first-order valence-electron chi connectivity index (χ1n) is 13.6. The molecule has 0 fully saturated rings. The lowest BCUT2D eigenvalue weighted by Gasteiger charge is -2.39. The molecule has 1 heteroatoms. The molecule has 0 bridgehead atoms. The zero-order valence-corrected chi connectivity index (χ0v) is 21.2. The fourth-order valence-electron chi connectivity index (χ4n) is 5.26. The minimum Gasteiger partial charge on any atom is -0.291 e. The molecule has 1 aromatic rings. The van der Waals surface area contributed by atoms with Crippen molar-refractivity contribution in [1.82, 2.24) is 4.48 Å². The van der Waals surface area contributed by atoms with Gasteiger partial charge in [0.1, 0.15) is 5.69 Å². The molecular weight excluding hydrogens is 362 g/mol. The highest BCUT2D eigenvalue weighted by atomic mass is 15.4. The van der Waals surface area contributed by atoms with Crippen LogP contribution in [-0.4, -0.2) is 19.6 Å². The number of nitrogens with zero attached hydrogens (tertiary/aromatic N) is 1. The summed E-state index contributed by atoms with van der Waals surface area (Å²) in [5, 5.41) is 0. The van der Waals surface area contributed by atoms with Crippen LogP contribution in [0.15, 0.2) is 24.3 Å². The van der Waals surface area contributed by atoms with E-state index >= 15 is 0 Å². The molecule has 0 N–H and O–H groups in total. The van der Waals surface area contributed by atoms with Crippen LogP contribution < -0.4 is 4.48 Å². The molecule has 0 atom stereocenters. The minimum atomic E-state index is 1.21. The molecule has 0 spiro atoms. The molecule has 0 amide bonds. The fraction of sp³-hybridized carbons (Fsp3) is 0.793. The Bertz CT molecular complexity index is 501. The first kappa shape index (κ1) is 27.2. The summed E-state index contributed by atoms with van der Waals surface area (Å²) in [6.07, 6.45) is 22.7. The third kappa shape index (κ3) is 11.0. The van der Waals surface area contributed by atoms with E-state index in [4.69, 9.17) is 0 Å². The average Bonchev–Trinajstić information content (AvgIpc) is 2.74. The van der Waals surface area contributed by atoms with Crippen LogP contribution in [0.2, 0.25) is 0 Å². The van der Waals surface area contributed by atoms with Gasteiger partial charge in [-0.25, -0.2) is 0 Å². The minimum absolute atomic E-state index is 1.21. The number of para-hydroxylation sites is 1. The highest BCUT2D eigenvalue weighted by Crippen LogP contribution is 2.29. The monoisotopic (exact) mass is 416 g/mol. The molecule has 0 heterocycles. The summed E-state index contributed by atoms with van der Waals surface area (Å²) in [5.41, 5.74) is 3.06. The van der Waals surface area contributed by atoms with Crippen molar-refractivity contribution in [2.45, 2.75) is 130 Å². The van der Waals surface area contributed by atoms with E-state index in [2.05, 4.69) is 52.0 Å². The molecule has 0 unspecified atom stereocenters. The van der Waals surface area contributed by atoms with Gasteiger partial charge in [0.2, 0.25) is 0 Å². The molecule has 1 nitrogen and oxygen atoms in total. The van der Waals surface area contributed by atoms with Crippen LogP contribution in [0.4, 0.5) is 5.69 Å². The summed E-state index contributed by atoms with van der Waals surface area (Å²) in [6.45, 7) is 13.2. The highest BCUT2D eigenvalue weighted by molar-refractivity contribution is 5.49. The van der Waals surface area contributed by atoms with Gasteiger partial charge in [-0.05, 0) is 38.7 Å². The zero-order valence-electron chi connectivity index (χ0n) is 21.2. The van der Waals surface area contributed by atoms with Crippen molar-refractivity contribution in [3.8, 4) is 0 Å². The lowest BCUT2D eigenvalue weighted by atomic mass is 10.0. The van der Waals surface area contributed by atoms with Crippen LogP contribution in [0, 0.1) is 6.92 Å². The Hall–Kier alpha value is -0.820. The van der Waals surface area contributed by atoms with Crippen molar-refractivity contribution in [3.63, 3.8) is 0 Å². The maximum atomic E-state index is 2.39. The fourth-order valence-corrected chi connectivity index (χ4v) is 5.26. The van der Waals surface area contributed by atoms with E-state index in [-0.39, 0.29) is 0 Å². The summed E-state index contributed by atoms with van der Waals surface area (Å²) >= 11 is 0. The van der Waals surface area contributed by atoms with Crippen LogP contribution in [-0.2, 0) is 0 Å². The van der Waals surface area contributed by atoms with Crippen LogP contribution in [0.5, 0.6) is 0 Å². The molecule has 0 aromatic heterocycles. The van der Waals surface area contributed by atoms with Crippen molar-refractivity contribution in [2.24, 2.45) is 0 Å². The zero-order chi connectivity index (χ0) is 21.9. The number of quaternary nitrogens is 1. The van der Waals surface area contributed by atoms with Crippen molar-refractivity contribution in [1.29, 1.82) is 0 Å². The summed E-state index contributed by atoms with van der Waals surface area (Å²) < 4.78 is 1.21. The van der Waals surface area contributed by atoms with Gasteiger partial charge in [0.05, 0.1) is 19.6 Å². The molecule has 0 saturated carbocycles. The number of hydrogen-bond acceptors (Lipinski definition) is 0. The Labute approximate surface area is 190 Å². The van der Waals surface area contributed by atoms with Crippen molar-refractivity contribution in [2.75, 3.05) is 19.6 Å². The topological polar surface area (TPSA) is 0 Å². The van der Waals surface area contributed by atoms with Gasteiger partial charge in [0.25, 0.3) is 0 Å². The number of benzene rings is 1. The SMILES string of the molecule is CCCCCCCCCCCCCCCC[N+](CCC)(CCC)c1ccccc1C. The van der Waals surface area contributed by atoms with E-state index < -0.39 is 0 Å². The third-order valence-corrected chi connectivity index (χ3v) is 6.87. The Balaban J connectivity index is 2.21. The molecule has 174 valence electrons. The maximum Gasteiger partial charge on any atom is 0.135 e. The predicted molar refractivity (Wildman–Crippen MR) is 138 cm³/mol. The molecule has 0 radical (unpaired) electrons. The molecule has 0 saturated heterocycles. The quantitative estimate of drug-likeness (QED) is 0.146. The van der Waals surface area contributed by atoms with Gasteiger partial charge in [-0.2, -0.15) is 0 Å². The average molecular weight is 417 g/mol. The van der Waals surface area contributed by atoms with E-state index in [1.54, 1.807) is 5.69 Å². The van der Waals surface area contributed by atoms with Crippen LogP contribution in [0.3, 0.4) is 0 Å². The lowest BCUT2D eigenvalue weighted by Crippen LogP contribution is -2.51. The van der Waals surface area contributed by atoms with Crippen molar-refractivity contribution in [3.05, 3.63) is 29.8 Å². The molecule has 1 aromatic carbocycles. The van der Waals surface area contributed by atoms with Crippen LogP contribution >= 0.6 is 0 Å². The Kier molecular flexibility index (Phi) is 16.2. The van der Waals surface area contributed by atoms with Crippen LogP contribution in [0.1, 0.15) is 129 Å². The van der Waals surface area contributed by atoms with Gasteiger partial charge < -0.3 is 0 Å². The maximum absolute atomic E-state index is 2.39. The van der Waals surface area contributed by atoms with Gasteiger partial charge in [-0.3, -0.25) is 4.48 Å². The van der Waals surface area contributed by atoms with Gasteiger partial charge in [-0.1, -0.05) is 116 Å². The Morgan fingerprint density at radius 3 is 1.37 bits per heavy atom. The van der Waals surface area contributed by atoms with Crippen molar-refractivity contribution < 1.29 is 0 Å². The summed E-state index contributed by atoms with van der Waals surface area (Å²) in [7, 11) is 0. The number of rotatable bonds is 20. The van der Waals surface area contributed by atoms with Crippen LogP contribution in [0.25, 0.3) is 0 Å². The number of aryl methyl sites for hydroxylation is 1. The largest absolute Gasteiger partial charge is 0.291 e. The van der Waals surface area contributed by atoms with E-state index in [0.29, 0.717) is 0 Å². The smallest absolute Gasteiger partial charge is 0.135 e. The molecular formula is C29H54N+. The van der Waals surface area contributed by atoms with E-state index in [9.17, 15) is 0 Å². The van der Waals surface area contributed by atoms with Gasteiger partial charge in [0.15, 0.2) is 0 Å². The molecule has 1 rings (SSSR count). The lowest BCUT2D eigenvalue weighted by molar-refractivity contribution is 0.264. The number of hydrogen-bond donors (Lipinski definition) is 0. The summed E-state index contributed by atoms with van der Waals surface area (Å²) in [6, 6.07) is 9.13. The Morgan fingerprint density at radius 1 is 0.500 bits per heavy atom. The second-order valence-electron chi connectivity index (χ2n) is 9.70. The second-order valence-corrected chi connectivity index (χ2v) is 9.70. The van der Waals surface area contributed by atoms with Gasteiger partial charge >= 0.3 is 0 Å². The molecule has 0 aliphatic heterocycles. The third-order valence-electron chi connectivity index (χ3n) is 6.87. The molecule has 0 aliphatic carbocycles. The first-order chi connectivity index (χ1) is 14.7. The highest BCUT2D eigenvalue weighted by Gasteiger charge is 2.29. The van der Waals surface area contributed by atoms with E-state index in [1.807, 2.05) is 0 Å². The second kappa shape index (κ2) is 17.8. The van der Waals surface area contributed by atoms with Gasteiger partial charge in [0, 0.05) is 5.56 Å². The standard InChI is InChI=1S/C29H54N/c1-5-8-9-10-11-12-13-14-15-16-17-18-19-22-27-30(25-6-2,26-7-3)29-24-21-20-23-28(29)4/h20-21,23-24H,5-19,22,25-27H2,1-4H3/q+1. The van der Waals surface area contributed by atoms with Gasteiger partial charge in [-0.15, -0.1) is 0 Å². The summed E-state index contributed by atoms with van der Waals surface area (Å²) in [4.78, 5) is 0.